The predicted molar refractivity (Wildman–Crippen MR) is 84.3 cm³/mol. The zero-order valence-corrected chi connectivity index (χ0v) is 16.6. The van der Waals surface area contributed by atoms with Gasteiger partial charge in [-0.05, 0) is 6.07 Å². The standard InChI is InChI=1S/C15H11F2N3O4S.Na.H/c1-22-9-2-3-18-8(4-9)7-25(21)14-19-10-5-12-13(6-11(10)20-14)24-15(16,17)23-12;;/h2-6H,7H2,1H3,(H,19,20);;/q;+1;-1. The summed E-state index contributed by atoms with van der Waals surface area (Å²) in [6.45, 7) is 0. The molecule has 0 aliphatic carbocycles. The summed E-state index contributed by atoms with van der Waals surface area (Å²) in [5, 5.41) is 0.204. The van der Waals surface area contributed by atoms with Crippen molar-refractivity contribution in [1.82, 2.24) is 15.0 Å². The van der Waals surface area contributed by atoms with Crippen molar-refractivity contribution in [3.8, 4) is 17.2 Å². The maximum absolute atomic E-state index is 13.1. The van der Waals surface area contributed by atoms with Gasteiger partial charge < -0.3 is 20.6 Å². The zero-order valence-electron chi connectivity index (χ0n) is 14.8. The number of hydrogen-bond donors (Lipinski definition) is 1. The first-order chi connectivity index (χ1) is 11.9. The van der Waals surface area contributed by atoms with Crippen molar-refractivity contribution in [3.63, 3.8) is 0 Å². The van der Waals surface area contributed by atoms with Gasteiger partial charge in [0.25, 0.3) is 0 Å². The molecule has 1 atom stereocenters. The molecule has 1 N–H and O–H groups in total. The molecule has 3 aromatic rings. The Hall–Kier alpha value is -1.75. The van der Waals surface area contributed by atoms with Gasteiger partial charge in [-0.3, -0.25) is 9.19 Å². The van der Waals surface area contributed by atoms with E-state index in [1.54, 1.807) is 18.3 Å². The molecule has 132 valence electrons. The molecule has 7 nitrogen and oxygen atoms in total. The molecule has 1 aromatic carbocycles. The van der Waals surface area contributed by atoms with Gasteiger partial charge in [0.1, 0.15) is 5.75 Å². The number of halogens is 2. The monoisotopic (exact) mass is 391 g/mol. The molecule has 4 rings (SSSR count). The van der Waals surface area contributed by atoms with Crippen LogP contribution in [0.2, 0.25) is 0 Å². The normalized spacial score (nSPS) is 15.5. The average Bonchev–Trinajstić information content (AvgIpc) is 3.10. The number of nitrogens with zero attached hydrogens (tertiary/aromatic N) is 2. The van der Waals surface area contributed by atoms with Gasteiger partial charge in [0.05, 0.1) is 40.4 Å². The Labute approximate surface area is 172 Å². The number of aromatic nitrogens is 3. The van der Waals surface area contributed by atoms with Crippen LogP contribution in [0.15, 0.2) is 35.6 Å². The molecule has 1 aliphatic rings. The van der Waals surface area contributed by atoms with Gasteiger partial charge >= 0.3 is 35.9 Å². The third kappa shape index (κ3) is 3.68. The molecule has 2 aromatic heterocycles. The van der Waals surface area contributed by atoms with E-state index in [1.165, 1.54) is 19.2 Å². The van der Waals surface area contributed by atoms with Crippen LogP contribution in [0.1, 0.15) is 7.12 Å². The van der Waals surface area contributed by atoms with Gasteiger partial charge in [0.15, 0.2) is 16.7 Å². The zero-order chi connectivity index (χ0) is 17.6. The maximum Gasteiger partial charge on any atom is 1.00 e. The summed E-state index contributed by atoms with van der Waals surface area (Å²) in [4.78, 5) is 11.2. The molecular weight excluding hydrogens is 379 g/mol. The Balaban J connectivity index is 0.00000131. The van der Waals surface area contributed by atoms with Crippen LogP contribution in [0.25, 0.3) is 11.0 Å². The SMILES string of the molecule is COc1ccnc(CS(=O)c2nc3cc4c(cc3[nH]2)OC(F)(F)O4)c1.[H-].[Na+]. The molecule has 0 saturated heterocycles. The summed E-state index contributed by atoms with van der Waals surface area (Å²) in [5.41, 5.74) is 1.34. The number of H-pyrrole nitrogens is 1. The van der Waals surface area contributed by atoms with Crippen LogP contribution in [-0.2, 0) is 16.6 Å². The van der Waals surface area contributed by atoms with Crippen molar-refractivity contribution in [1.29, 1.82) is 0 Å². The maximum atomic E-state index is 13.1. The van der Waals surface area contributed by atoms with Crippen molar-refractivity contribution in [2.45, 2.75) is 17.2 Å². The fourth-order valence-electron chi connectivity index (χ4n) is 2.40. The molecule has 0 spiro atoms. The number of imidazole rings is 1. The van der Waals surface area contributed by atoms with Gasteiger partial charge in [-0.15, -0.1) is 8.78 Å². The number of rotatable bonds is 4. The van der Waals surface area contributed by atoms with Crippen molar-refractivity contribution in [3.05, 3.63) is 36.2 Å². The average molecular weight is 391 g/mol. The van der Waals surface area contributed by atoms with Gasteiger partial charge in [0, 0.05) is 24.4 Å². The predicted octanol–water partition coefficient (Wildman–Crippen LogP) is -0.288. The second kappa shape index (κ2) is 7.10. The van der Waals surface area contributed by atoms with Crippen LogP contribution >= 0.6 is 0 Å². The van der Waals surface area contributed by atoms with Gasteiger partial charge in [-0.2, -0.15) is 0 Å². The Morgan fingerprint density at radius 1 is 1.31 bits per heavy atom. The number of hydrogen-bond acceptors (Lipinski definition) is 6. The topological polar surface area (TPSA) is 86.3 Å². The van der Waals surface area contributed by atoms with Crippen LogP contribution < -0.4 is 43.8 Å². The largest absolute Gasteiger partial charge is 1.00 e. The quantitative estimate of drug-likeness (QED) is 0.616. The van der Waals surface area contributed by atoms with E-state index in [0.717, 1.165) is 0 Å². The second-order valence-electron chi connectivity index (χ2n) is 5.20. The molecular formula is C15H12F2N3NaO4S. The Kier molecular flexibility index (Phi) is 5.20. The molecule has 0 bridgehead atoms. The van der Waals surface area contributed by atoms with Crippen molar-refractivity contribution < 1.29 is 58.2 Å². The Morgan fingerprint density at radius 3 is 2.77 bits per heavy atom. The van der Waals surface area contributed by atoms with E-state index in [0.29, 0.717) is 22.5 Å². The number of nitrogens with one attached hydrogen (secondary N) is 1. The van der Waals surface area contributed by atoms with E-state index in [1.807, 2.05) is 0 Å². The van der Waals surface area contributed by atoms with Crippen molar-refractivity contribution in [2.75, 3.05) is 7.11 Å². The van der Waals surface area contributed by atoms with E-state index in [2.05, 4.69) is 24.4 Å². The third-order valence-corrected chi connectivity index (χ3v) is 4.68. The molecule has 26 heavy (non-hydrogen) atoms. The van der Waals surface area contributed by atoms with Crippen molar-refractivity contribution >= 4 is 21.8 Å². The molecule has 1 unspecified atom stereocenters. The smallest absolute Gasteiger partial charge is 1.00 e. The molecule has 11 heteroatoms. The number of fused-ring (bicyclic) bond motifs is 2. The number of benzene rings is 1. The minimum atomic E-state index is -3.69. The molecule has 0 amide bonds. The van der Waals surface area contributed by atoms with Crippen molar-refractivity contribution in [2.24, 2.45) is 0 Å². The molecule has 1 aliphatic heterocycles. The van der Waals surface area contributed by atoms with Crippen LogP contribution in [0.3, 0.4) is 0 Å². The first-order valence-corrected chi connectivity index (χ1v) is 8.42. The summed E-state index contributed by atoms with van der Waals surface area (Å²) in [6.07, 6.45) is -2.13. The van der Waals surface area contributed by atoms with Gasteiger partial charge in [0.2, 0.25) is 0 Å². The summed E-state index contributed by atoms with van der Waals surface area (Å²) in [6, 6.07) is 6.01. The fourth-order valence-corrected chi connectivity index (χ4v) is 3.39. The third-order valence-electron chi connectivity index (χ3n) is 3.50. The minimum absolute atomic E-state index is 0. The van der Waals surface area contributed by atoms with E-state index in [-0.39, 0.29) is 53.4 Å². The van der Waals surface area contributed by atoms with Crippen LogP contribution in [0, 0.1) is 0 Å². The molecule has 0 fully saturated rings. The summed E-state index contributed by atoms with van der Waals surface area (Å²) < 4.78 is 52.5. The summed E-state index contributed by atoms with van der Waals surface area (Å²) >= 11 is 0. The molecule has 0 radical (unpaired) electrons. The first kappa shape index (κ1) is 19.0. The second-order valence-corrected chi connectivity index (χ2v) is 6.57. The van der Waals surface area contributed by atoms with E-state index < -0.39 is 17.1 Å². The summed E-state index contributed by atoms with van der Waals surface area (Å²) in [7, 11) is 0.0257. The number of alkyl halides is 2. The first-order valence-electron chi connectivity index (χ1n) is 7.10. The van der Waals surface area contributed by atoms with E-state index in [9.17, 15) is 13.0 Å². The fraction of sp³-hybridized carbons (Fsp3) is 0.200. The minimum Gasteiger partial charge on any atom is -1.00 e. The number of aromatic amines is 1. The van der Waals surface area contributed by atoms with Gasteiger partial charge in [-0.1, -0.05) is 0 Å². The summed E-state index contributed by atoms with van der Waals surface area (Å²) in [5.74, 6) is 0.518. The molecule has 0 saturated carbocycles. The van der Waals surface area contributed by atoms with Crippen LogP contribution in [-0.4, -0.2) is 32.6 Å². The number of pyridine rings is 1. The van der Waals surface area contributed by atoms with Crippen LogP contribution in [0.4, 0.5) is 8.78 Å². The van der Waals surface area contributed by atoms with Gasteiger partial charge in [-0.25, -0.2) is 4.98 Å². The van der Waals surface area contributed by atoms with Crippen LogP contribution in [0.5, 0.6) is 17.2 Å². The Morgan fingerprint density at radius 2 is 2.04 bits per heavy atom. The number of ether oxygens (including phenoxy) is 3. The van der Waals surface area contributed by atoms with E-state index >= 15 is 0 Å². The molecule has 3 heterocycles. The van der Waals surface area contributed by atoms with E-state index in [4.69, 9.17) is 4.74 Å². The Bertz CT molecular complexity index is 959. The number of methoxy groups -OCH3 is 1.